The van der Waals surface area contributed by atoms with E-state index in [-0.39, 0.29) is 30.1 Å². The van der Waals surface area contributed by atoms with Crippen LogP contribution in [0.4, 0.5) is 4.79 Å². The molecule has 2 aliphatic rings. The smallest absolute Gasteiger partial charge is 0.409 e. The number of hydrogen-bond acceptors (Lipinski definition) is 5. The molecule has 8 nitrogen and oxygen atoms in total. The summed E-state index contributed by atoms with van der Waals surface area (Å²) in [6.07, 6.45) is 6.58. The number of carbonyl (C=O) groups is 1. The van der Waals surface area contributed by atoms with Crippen LogP contribution in [0.15, 0.2) is 23.3 Å². The predicted molar refractivity (Wildman–Crippen MR) is 123 cm³/mol. The number of piperazine rings is 1. The van der Waals surface area contributed by atoms with Gasteiger partial charge in [-0.25, -0.2) is 9.78 Å². The van der Waals surface area contributed by atoms with Crippen LogP contribution in [0, 0.1) is 0 Å². The summed E-state index contributed by atoms with van der Waals surface area (Å²) in [7, 11) is 1.78. The van der Waals surface area contributed by atoms with Gasteiger partial charge in [-0.2, -0.15) is 0 Å². The molecule has 1 aliphatic carbocycles. The van der Waals surface area contributed by atoms with Gasteiger partial charge >= 0.3 is 6.09 Å². The first-order valence-corrected chi connectivity index (χ1v) is 10.2. The van der Waals surface area contributed by atoms with Gasteiger partial charge in [0, 0.05) is 52.0 Å². The van der Waals surface area contributed by atoms with Crippen LogP contribution in [0.3, 0.4) is 0 Å². The molecule has 1 aliphatic heterocycles. The number of rotatable bonds is 5. The molecule has 1 saturated carbocycles. The zero-order valence-corrected chi connectivity index (χ0v) is 19.6. The van der Waals surface area contributed by atoms with Gasteiger partial charge in [0.05, 0.1) is 6.61 Å². The molecule has 2 heterocycles. The molecule has 1 aromatic heterocycles. The van der Waals surface area contributed by atoms with Crippen LogP contribution < -0.4 is 10.1 Å². The van der Waals surface area contributed by atoms with Gasteiger partial charge in [0.2, 0.25) is 5.88 Å². The van der Waals surface area contributed by atoms with Crippen LogP contribution in [0.25, 0.3) is 0 Å². The summed E-state index contributed by atoms with van der Waals surface area (Å²) in [6, 6.07) is 3.98. The lowest BCUT2D eigenvalue weighted by atomic mass is 10.2. The molecule has 0 radical (unpaired) electrons. The normalized spacial score (nSPS) is 17.7. The van der Waals surface area contributed by atoms with E-state index < -0.39 is 0 Å². The van der Waals surface area contributed by atoms with Crippen molar-refractivity contribution >= 4 is 36.0 Å². The van der Waals surface area contributed by atoms with Crippen LogP contribution >= 0.6 is 24.0 Å². The molecule has 162 valence electrons. The highest BCUT2D eigenvalue weighted by Crippen LogP contribution is 2.23. The minimum absolute atomic E-state index is 0. The van der Waals surface area contributed by atoms with E-state index in [2.05, 4.69) is 20.2 Å². The molecule has 3 rings (SSSR count). The molecule has 0 spiro atoms. The van der Waals surface area contributed by atoms with E-state index in [1.165, 1.54) is 12.8 Å². The fourth-order valence-electron chi connectivity index (χ4n) is 3.63. The number of ether oxygens (including phenoxy) is 2. The molecule has 1 aromatic rings. The molecule has 1 saturated heterocycles. The van der Waals surface area contributed by atoms with Crippen molar-refractivity contribution in [3.8, 4) is 5.88 Å². The lowest BCUT2D eigenvalue weighted by molar-refractivity contribution is 0.0914. The molecule has 9 heteroatoms. The lowest BCUT2D eigenvalue weighted by Crippen LogP contribution is -2.53. The molecule has 29 heavy (non-hydrogen) atoms. The monoisotopic (exact) mass is 517 g/mol. The van der Waals surface area contributed by atoms with E-state index in [4.69, 9.17) is 9.47 Å². The van der Waals surface area contributed by atoms with E-state index in [9.17, 15) is 4.79 Å². The molecular weight excluding hydrogens is 485 g/mol. The quantitative estimate of drug-likeness (QED) is 0.368. The Bertz CT molecular complexity index is 674. The van der Waals surface area contributed by atoms with Crippen LogP contribution in [0.5, 0.6) is 5.88 Å². The average Bonchev–Trinajstić information content (AvgIpc) is 3.22. The molecular formula is C20H32IN5O3. The van der Waals surface area contributed by atoms with E-state index >= 15 is 0 Å². The Balaban J connectivity index is 0.00000300. The maximum Gasteiger partial charge on any atom is 0.409 e. The number of hydrogen-bond donors (Lipinski definition) is 1. The molecule has 1 N–H and O–H groups in total. The van der Waals surface area contributed by atoms with Gasteiger partial charge in [0.1, 0.15) is 6.10 Å². The standard InChI is InChI=1S/C20H31N5O3.HI/c1-3-27-20(26)25-12-10-24(11-13-25)19(21-2)23-15-16-8-9-22-18(14-16)28-17-6-4-5-7-17;/h8-9,14,17H,3-7,10-13,15H2,1-2H3,(H,21,23);1H. The number of aromatic nitrogens is 1. The topological polar surface area (TPSA) is 79.3 Å². The van der Waals surface area contributed by atoms with Gasteiger partial charge in [-0.15, -0.1) is 24.0 Å². The van der Waals surface area contributed by atoms with Crippen molar-refractivity contribution < 1.29 is 14.3 Å². The lowest BCUT2D eigenvalue weighted by Gasteiger charge is -2.35. The molecule has 0 atom stereocenters. The first-order chi connectivity index (χ1) is 13.7. The molecule has 0 unspecified atom stereocenters. The minimum atomic E-state index is -0.239. The number of nitrogens with zero attached hydrogens (tertiary/aromatic N) is 4. The second-order valence-corrected chi connectivity index (χ2v) is 7.10. The van der Waals surface area contributed by atoms with Gasteiger partial charge in [-0.05, 0) is 44.2 Å². The molecule has 0 bridgehead atoms. The van der Waals surface area contributed by atoms with Crippen molar-refractivity contribution in [2.24, 2.45) is 4.99 Å². The Labute approximate surface area is 190 Å². The molecule has 0 aromatic carbocycles. The first-order valence-electron chi connectivity index (χ1n) is 10.2. The Hall–Kier alpha value is -1.78. The number of pyridine rings is 1. The van der Waals surface area contributed by atoms with E-state index in [0.29, 0.717) is 38.2 Å². The van der Waals surface area contributed by atoms with Crippen LogP contribution in [-0.4, -0.2) is 72.8 Å². The summed E-state index contributed by atoms with van der Waals surface area (Å²) in [6.45, 7) is 5.59. The Morgan fingerprint density at radius 3 is 2.59 bits per heavy atom. The van der Waals surface area contributed by atoms with Gasteiger partial charge in [-0.1, -0.05) is 0 Å². The number of carbonyl (C=O) groups excluding carboxylic acids is 1. The maximum atomic E-state index is 11.8. The number of aliphatic imine (C=N–C) groups is 1. The number of amides is 1. The third-order valence-corrected chi connectivity index (χ3v) is 5.16. The number of halogens is 1. The summed E-state index contributed by atoms with van der Waals surface area (Å²) in [5, 5.41) is 3.40. The predicted octanol–water partition coefficient (Wildman–Crippen LogP) is 2.87. The Morgan fingerprint density at radius 1 is 1.24 bits per heavy atom. The summed E-state index contributed by atoms with van der Waals surface area (Å²) >= 11 is 0. The maximum absolute atomic E-state index is 11.8. The number of nitrogens with one attached hydrogen (secondary N) is 1. The Morgan fingerprint density at radius 2 is 1.93 bits per heavy atom. The summed E-state index contributed by atoms with van der Waals surface area (Å²) in [4.78, 5) is 24.5. The van der Waals surface area contributed by atoms with Crippen molar-refractivity contribution in [2.75, 3.05) is 39.8 Å². The van der Waals surface area contributed by atoms with Crippen molar-refractivity contribution in [1.82, 2.24) is 20.1 Å². The Kier molecular flexibility index (Phi) is 9.75. The van der Waals surface area contributed by atoms with Crippen molar-refractivity contribution in [2.45, 2.75) is 45.3 Å². The highest BCUT2D eigenvalue weighted by atomic mass is 127. The second-order valence-electron chi connectivity index (χ2n) is 7.10. The zero-order chi connectivity index (χ0) is 19.8. The largest absolute Gasteiger partial charge is 0.474 e. The van der Waals surface area contributed by atoms with Crippen LogP contribution in [0.2, 0.25) is 0 Å². The summed E-state index contributed by atoms with van der Waals surface area (Å²) < 4.78 is 11.1. The molecule has 1 amide bonds. The SMILES string of the molecule is CCOC(=O)N1CCN(C(=NC)NCc2ccnc(OC3CCCC3)c2)CC1.I. The fraction of sp³-hybridized carbons (Fsp3) is 0.650. The van der Waals surface area contributed by atoms with Crippen LogP contribution in [0.1, 0.15) is 38.2 Å². The molecule has 2 fully saturated rings. The van der Waals surface area contributed by atoms with Crippen LogP contribution in [-0.2, 0) is 11.3 Å². The van der Waals surface area contributed by atoms with Gasteiger partial charge in [0.15, 0.2) is 5.96 Å². The second kappa shape index (κ2) is 12.0. The van der Waals surface area contributed by atoms with Gasteiger partial charge in [-0.3, -0.25) is 4.99 Å². The van der Waals surface area contributed by atoms with Gasteiger partial charge < -0.3 is 24.6 Å². The highest BCUT2D eigenvalue weighted by molar-refractivity contribution is 14.0. The van der Waals surface area contributed by atoms with E-state index in [1.807, 2.05) is 19.1 Å². The third kappa shape index (κ3) is 6.90. The number of guanidine groups is 1. The summed E-state index contributed by atoms with van der Waals surface area (Å²) in [5.41, 5.74) is 1.11. The minimum Gasteiger partial charge on any atom is -0.474 e. The van der Waals surface area contributed by atoms with E-state index in [1.54, 1.807) is 18.1 Å². The first kappa shape index (κ1) is 23.5. The highest BCUT2D eigenvalue weighted by Gasteiger charge is 2.23. The van der Waals surface area contributed by atoms with Gasteiger partial charge in [0.25, 0.3) is 0 Å². The zero-order valence-electron chi connectivity index (χ0n) is 17.3. The van der Waals surface area contributed by atoms with E-state index in [0.717, 1.165) is 37.5 Å². The van der Waals surface area contributed by atoms with Crippen molar-refractivity contribution in [3.63, 3.8) is 0 Å². The average molecular weight is 517 g/mol. The third-order valence-electron chi connectivity index (χ3n) is 5.16. The summed E-state index contributed by atoms with van der Waals surface area (Å²) in [5.74, 6) is 1.53. The fourth-order valence-corrected chi connectivity index (χ4v) is 3.63. The van der Waals surface area contributed by atoms with Crippen molar-refractivity contribution in [3.05, 3.63) is 23.9 Å². The van der Waals surface area contributed by atoms with Crippen molar-refractivity contribution in [1.29, 1.82) is 0 Å².